The maximum absolute atomic E-state index is 9.19. The maximum atomic E-state index is 9.19. The lowest BCUT2D eigenvalue weighted by atomic mass is 9.97. The predicted octanol–water partition coefficient (Wildman–Crippen LogP) is 4.46. The van der Waals surface area contributed by atoms with Crippen molar-refractivity contribution >= 4 is 16.5 Å². The maximum Gasteiger partial charge on any atom is 0.0998 e. The van der Waals surface area contributed by atoms with Gasteiger partial charge in [0.15, 0.2) is 0 Å². The van der Waals surface area contributed by atoms with Gasteiger partial charge in [-0.05, 0) is 31.9 Å². The van der Waals surface area contributed by atoms with E-state index in [0.29, 0.717) is 0 Å². The number of benzene rings is 2. The average Bonchev–Trinajstić information content (AvgIpc) is 2.86. The van der Waals surface area contributed by atoms with Gasteiger partial charge >= 0.3 is 0 Å². The monoisotopic (exact) mass is 250 g/mol. The van der Waals surface area contributed by atoms with E-state index in [2.05, 4.69) is 24.4 Å². The fourth-order valence-electron chi connectivity index (χ4n) is 3.11. The number of fused-ring (bicyclic) bond motifs is 1. The molecule has 0 aliphatic heterocycles. The Morgan fingerprint density at radius 2 is 1.74 bits per heavy atom. The number of hydrogen-bond acceptors (Lipinski definition) is 2. The van der Waals surface area contributed by atoms with Gasteiger partial charge in [-0.25, -0.2) is 0 Å². The quantitative estimate of drug-likeness (QED) is 0.854. The van der Waals surface area contributed by atoms with E-state index in [9.17, 15) is 5.26 Å². The fourth-order valence-corrected chi connectivity index (χ4v) is 3.11. The van der Waals surface area contributed by atoms with Crippen molar-refractivity contribution < 1.29 is 0 Å². The van der Waals surface area contributed by atoms with Crippen LogP contribution >= 0.6 is 0 Å². The molecule has 1 N–H and O–H groups in total. The summed E-state index contributed by atoms with van der Waals surface area (Å²) in [5.41, 5.74) is 2.11. The van der Waals surface area contributed by atoms with Gasteiger partial charge < -0.3 is 5.32 Å². The zero-order chi connectivity index (χ0) is 13.3. The van der Waals surface area contributed by atoms with Gasteiger partial charge in [-0.2, -0.15) is 5.26 Å². The Morgan fingerprint density at radius 3 is 2.42 bits per heavy atom. The van der Waals surface area contributed by atoms with Crippen LogP contribution in [0.5, 0.6) is 0 Å². The molecule has 0 unspecified atom stereocenters. The number of hydrogen-bond donors (Lipinski definition) is 1. The number of nitrogens with zero attached hydrogens (tertiary/aromatic N) is 1. The van der Waals surface area contributed by atoms with Gasteiger partial charge in [-0.1, -0.05) is 37.1 Å². The predicted molar refractivity (Wildman–Crippen MR) is 79.2 cm³/mol. The van der Waals surface area contributed by atoms with Crippen LogP contribution in [0.2, 0.25) is 0 Å². The summed E-state index contributed by atoms with van der Waals surface area (Å²) in [6.45, 7) is 2.30. The Bertz CT molecular complexity index is 646. The van der Waals surface area contributed by atoms with Crippen LogP contribution in [0.15, 0.2) is 36.4 Å². The summed E-state index contributed by atoms with van der Waals surface area (Å²) < 4.78 is 0. The molecule has 1 aliphatic rings. The molecule has 96 valence electrons. The second-order valence-electron chi connectivity index (χ2n) is 5.71. The minimum atomic E-state index is 0.205. The molecular formula is C17H18N2. The second-order valence-corrected chi connectivity index (χ2v) is 5.71. The van der Waals surface area contributed by atoms with Gasteiger partial charge in [0.25, 0.3) is 0 Å². The molecule has 1 aliphatic carbocycles. The molecule has 0 amide bonds. The molecule has 2 aromatic rings. The minimum Gasteiger partial charge on any atom is -0.379 e. The Balaban J connectivity index is 2.07. The number of nitrogens with one attached hydrogen (secondary N) is 1. The highest BCUT2D eigenvalue weighted by molar-refractivity contribution is 5.97. The third-order valence-electron chi connectivity index (χ3n) is 4.19. The normalized spacial score (nSPS) is 17.3. The highest BCUT2D eigenvalue weighted by Gasteiger charge is 2.28. The molecule has 2 aromatic carbocycles. The van der Waals surface area contributed by atoms with Crippen molar-refractivity contribution in [3.05, 3.63) is 42.0 Å². The first-order valence-electron chi connectivity index (χ1n) is 6.92. The summed E-state index contributed by atoms with van der Waals surface area (Å²) in [5, 5.41) is 15.1. The zero-order valence-electron chi connectivity index (χ0n) is 11.2. The van der Waals surface area contributed by atoms with Crippen LogP contribution in [-0.2, 0) is 0 Å². The molecule has 0 saturated heterocycles. The second kappa shape index (κ2) is 4.59. The first-order valence-corrected chi connectivity index (χ1v) is 6.92. The molecule has 3 rings (SSSR count). The molecule has 2 nitrogen and oxygen atoms in total. The van der Waals surface area contributed by atoms with Gasteiger partial charge in [0.2, 0.25) is 0 Å². The molecule has 1 fully saturated rings. The Hall–Kier alpha value is -2.01. The van der Waals surface area contributed by atoms with Crippen LogP contribution in [0.25, 0.3) is 10.8 Å². The number of rotatable bonds is 2. The van der Waals surface area contributed by atoms with E-state index in [1.54, 1.807) is 0 Å². The first kappa shape index (κ1) is 12.0. The van der Waals surface area contributed by atoms with Gasteiger partial charge in [0, 0.05) is 22.0 Å². The number of nitriles is 1. The molecule has 0 radical (unpaired) electrons. The SMILES string of the molecule is CC1(Nc2ccc(C#N)c3ccccc23)CCCC1. The van der Waals surface area contributed by atoms with E-state index in [-0.39, 0.29) is 5.54 Å². The van der Waals surface area contributed by atoms with Crippen LogP contribution < -0.4 is 5.32 Å². The molecule has 2 heteroatoms. The minimum absolute atomic E-state index is 0.205. The van der Waals surface area contributed by atoms with Crippen LogP contribution in [-0.4, -0.2) is 5.54 Å². The molecular weight excluding hydrogens is 232 g/mol. The summed E-state index contributed by atoms with van der Waals surface area (Å²) in [7, 11) is 0. The summed E-state index contributed by atoms with van der Waals surface area (Å²) in [6.07, 6.45) is 5.05. The van der Waals surface area contributed by atoms with Crippen molar-refractivity contribution in [3.8, 4) is 6.07 Å². The summed E-state index contributed by atoms with van der Waals surface area (Å²) in [4.78, 5) is 0. The van der Waals surface area contributed by atoms with E-state index in [1.165, 1.54) is 25.7 Å². The van der Waals surface area contributed by atoms with Crippen molar-refractivity contribution in [2.75, 3.05) is 5.32 Å². The van der Waals surface area contributed by atoms with Crippen LogP contribution in [0.1, 0.15) is 38.2 Å². The first-order chi connectivity index (χ1) is 9.22. The third-order valence-corrected chi connectivity index (χ3v) is 4.19. The molecule has 1 saturated carbocycles. The van der Waals surface area contributed by atoms with Gasteiger partial charge in [0.05, 0.1) is 11.6 Å². The van der Waals surface area contributed by atoms with Gasteiger partial charge in [-0.15, -0.1) is 0 Å². The summed E-state index contributed by atoms with van der Waals surface area (Å²) >= 11 is 0. The number of anilines is 1. The molecule has 0 atom stereocenters. The Morgan fingerprint density at radius 1 is 1.05 bits per heavy atom. The highest BCUT2D eigenvalue weighted by atomic mass is 15.0. The average molecular weight is 250 g/mol. The van der Waals surface area contributed by atoms with Crippen LogP contribution in [0.4, 0.5) is 5.69 Å². The molecule has 0 aromatic heterocycles. The van der Waals surface area contributed by atoms with Crippen molar-refractivity contribution in [1.82, 2.24) is 0 Å². The van der Waals surface area contributed by atoms with Gasteiger partial charge in [0.1, 0.15) is 0 Å². The van der Waals surface area contributed by atoms with Crippen LogP contribution in [0.3, 0.4) is 0 Å². The molecule has 0 bridgehead atoms. The van der Waals surface area contributed by atoms with Gasteiger partial charge in [-0.3, -0.25) is 0 Å². The van der Waals surface area contributed by atoms with Crippen molar-refractivity contribution in [2.45, 2.75) is 38.1 Å². The molecule has 0 spiro atoms. The Kier molecular flexibility index (Phi) is 2.91. The van der Waals surface area contributed by atoms with Crippen molar-refractivity contribution in [1.29, 1.82) is 5.26 Å². The smallest absolute Gasteiger partial charge is 0.0998 e. The van der Waals surface area contributed by atoms with E-state index < -0.39 is 0 Å². The summed E-state index contributed by atoms with van der Waals surface area (Å²) in [6, 6.07) is 14.4. The fraction of sp³-hybridized carbons (Fsp3) is 0.353. The topological polar surface area (TPSA) is 35.8 Å². The highest BCUT2D eigenvalue weighted by Crippen LogP contribution is 2.35. The lowest BCUT2D eigenvalue weighted by Gasteiger charge is -2.27. The van der Waals surface area contributed by atoms with E-state index >= 15 is 0 Å². The lowest BCUT2D eigenvalue weighted by Crippen LogP contribution is -2.30. The Labute approximate surface area is 114 Å². The largest absolute Gasteiger partial charge is 0.379 e. The standard InChI is InChI=1S/C17H18N2/c1-17(10-4-5-11-17)19-16-9-8-13(12-18)14-6-2-3-7-15(14)16/h2-3,6-9,19H,4-5,10-11H2,1H3. The lowest BCUT2D eigenvalue weighted by molar-refractivity contribution is 0.534. The van der Waals surface area contributed by atoms with E-state index in [4.69, 9.17) is 0 Å². The third kappa shape index (κ3) is 2.17. The van der Waals surface area contributed by atoms with Crippen molar-refractivity contribution in [2.24, 2.45) is 0 Å². The molecule has 19 heavy (non-hydrogen) atoms. The van der Waals surface area contributed by atoms with E-state index in [0.717, 1.165) is 22.0 Å². The molecule has 0 heterocycles. The van der Waals surface area contributed by atoms with Crippen molar-refractivity contribution in [3.63, 3.8) is 0 Å². The van der Waals surface area contributed by atoms with Crippen LogP contribution in [0, 0.1) is 11.3 Å². The summed E-state index contributed by atoms with van der Waals surface area (Å²) in [5.74, 6) is 0. The zero-order valence-corrected chi connectivity index (χ0v) is 11.2. The van der Waals surface area contributed by atoms with E-state index in [1.807, 2.05) is 30.3 Å².